The van der Waals surface area contributed by atoms with E-state index in [1.165, 1.54) is 0 Å². The van der Waals surface area contributed by atoms with Crippen LogP contribution in [0.1, 0.15) is 31.4 Å². The van der Waals surface area contributed by atoms with Crippen molar-refractivity contribution in [2.45, 2.75) is 32.2 Å². The van der Waals surface area contributed by atoms with Crippen LogP contribution in [0.5, 0.6) is 5.75 Å². The molecule has 0 bridgehead atoms. The standard InChI is InChI=1S/C20H23ClN2O4/c1-26-18-9-8-15(21)11-17(18)23-20(25)14-6-4-13(5-7-14)19(24)22-12-16-3-2-10-27-16/h2-3,8-11,13-14H,4-7,12H2,1H3,(H,22,24)(H,23,25). The Balaban J connectivity index is 1.49. The van der Waals surface area contributed by atoms with Crippen molar-refractivity contribution in [1.82, 2.24) is 5.32 Å². The average Bonchev–Trinajstić information content (AvgIpc) is 3.20. The molecule has 0 unspecified atom stereocenters. The monoisotopic (exact) mass is 390 g/mol. The van der Waals surface area contributed by atoms with E-state index in [0.717, 1.165) is 5.76 Å². The van der Waals surface area contributed by atoms with Gasteiger partial charge in [-0.1, -0.05) is 11.6 Å². The number of benzene rings is 1. The van der Waals surface area contributed by atoms with Crippen molar-refractivity contribution >= 4 is 29.1 Å². The van der Waals surface area contributed by atoms with Gasteiger partial charge in [0.05, 0.1) is 25.6 Å². The molecular weight excluding hydrogens is 368 g/mol. The van der Waals surface area contributed by atoms with Crippen LogP contribution in [0, 0.1) is 11.8 Å². The molecule has 7 heteroatoms. The molecule has 1 fully saturated rings. The normalized spacial score (nSPS) is 19.3. The average molecular weight is 391 g/mol. The Morgan fingerprint density at radius 2 is 1.85 bits per heavy atom. The van der Waals surface area contributed by atoms with Gasteiger partial charge >= 0.3 is 0 Å². The third kappa shape index (κ3) is 5.04. The van der Waals surface area contributed by atoms with Crippen molar-refractivity contribution in [2.75, 3.05) is 12.4 Å². The Kier molecular flexibility index (Phi) is 6.40. The first kappa shape index (κ1) is 19.3. The van der Waals surface area contributed by atoms with Gasteiger partial charge in [0.15, 0.2) is 0 Å². The molecule has 144 valence electrons. The van der Waals surface area contributed by atoms with E-state index < -0.39 is 0 Å². The number of methoxy groups -OCH3 is 1. The van der Waals surface area contributed by atoms with Crippen LogP contribution in [-0.2, 0) is 16.1 Å². The largest absolute Gasteiger partial charge is 0.495 e. The van der Waals surface area contributed by atoms with Gasteiger partial charge in [0.2, 0.25) is 11.8 Å². The van der Waals surface area contributed by atoms with E-state index in [1.807, 2.05) is 6.07 Å². The number of hydrogen-bond donors (Lipinski definition) is 2. The topological polar surface area (TPSA) is 80.6 Å². The van der Waals surface area contributed by atoms with Crippen LogP contribution in [0.25, 0.3) is 0 Å². The molecule has 6 nitrogen and oxygen atoms in total. The number of nitrogens with one attached hydrogen (secondary N) is 2. The van der Waals surface area contributed by atoms with E-state index in [2.05, 4.69) is 10.6 Å². The Morgan fingerprint density at radius 1 is 1.15 bits per heavy atom. The lowest BCUT2D eigenvalue weighted by Crippen LogP contribution is -2.35. The Labute approximate surface area is 163 Å². The third-order valence-electron chi connectivity index (χ3n) is 4.91. The smallest absolute Gasteiger partial charge is 0.227 e. The molecule has 1 aromatic heterocycles. The maximum absolute atomic E-state index is 12.6. The molecule has 0 saturated heterocycles. The summed E-state index contributed by atoms with van der Waals surface area (Å²) in [7, 11) is 1.55. The summed E-state index contributed by atoms with van der Waals surface area (Å²) < 4.78 is 10.5. The highest BCUT2D eigenvalue weighted by molar-refractivity contribution is 6.31. The second kappa shape index (κ2) is 8.95. The number of amides is 2. The maximum Gasteiger partial charge on any atom is 0.227 e. The van der Waals surface area contributed by atoms with E-state index in [9.17, 15) is 9.59 Å². The van der Waals surface area contributed by atoms with Gasteiger partial charge in [-0.25, -0.2) is 0 Å². The minimum Gasteiger partial charge on any atom is -0.495 e. The van der Waals surface area contributed by atoms with Crippen molar-refractivity contribution in [2.24, 2.45) is 11.8 Å². The van der Waals surface area contributed by atoms with Gasteiger partial charge in [0.1, 0.15) is 11.5 Å². The first-order chi connectivity index (χ1) is 13.1. The fourth-order valence-electron chi connectivity index (χ4n) is 3.36. The summed E-state index contributed by atoms with van der Waals surface area (Å²) in [5.41, 5.74) is 0.563. The van der Waals surface area contributed by atoms with Crippen LogP contribution in [-0.4, -0.2) is 18.9 Å². The highest BCUT2D eigenvalue weighted by Crippen LogP contribution is 2.32. The summed E-state index contributed by atoms with van der Waals surface area (Å²) >= 11 is 6.01. The molecule has 2 aromatic rings. The van der Waals surface area contributed by atoms with Crippen LogP contribution in [0.4, 0.5) is 5.69 Å². The molecule has 0 aliphatic heterocycles. The zero-order chi connectivity index (χ0) is 19.2. The molecular formula is C20H23ClN2O4. The van der Waals surface area contributed by atoms with E-state index in [4.69, 9.17) is 20.8 Å². The number of anilines is 1. The number of halogens is 1. The number of carbonyl (C=O) groups excluding carboxylic acids is 2. The first-order valence-corrected chi connectivity index (χ1v) is 9.39. The Hall–Kier alpha value is -2.47. The van der Waals surface area contributed by atoms with Crippen molar-refractivity contribution in [3.8, 4) is 5.75 Å². The molecule has 1 saturated carbocycles. The lowest BCUT2D eigenvalue weighted by Gasteiger charge is -2.27. The predicted molar refractivity (Wildman–Crippen MR) is 103 cm³/mol. The van der Waals surface area contributed by atoms with E-state index >= 15 is 0 Å². The minimum absolute atomic E-state index is 0.0155. The van der Waals surface area contributed by atoms with Gasteiger partial charge in [0.25, 0.3) is 0 Å². The Bertz CT molecular complexity index is 783. The lowest BCUT2D eigenvalue weighted by molar-refractivity contribution is -0.128. The minimum atomic E-state index is -0.122. The van der Waals surface area contributed by atoms with E-state index in [0.29, 0.717) is 48.7 Å². The van der Waals surface area contributed by atoms with Crippen molar-refractivity contribution in [3.05, 3.63) is 47.4 Å². The molecule has 1 aliphatic carbocycles. The number of furan rings is 1. The molecule has 0 radical (unpaired) electrons. The van der Waals surface area contributed by atoms with Gasteiger partial charge in [-0.3, -0.25) is 9.59 Å². The van der Waals surface area contributed by atoms with Crippen molar-refractivity contribution < 1.29 is 18.7 Å². The number of rotatable bonds is 6. The molecule has 1 aromatic carbocycles. The summed E-state index contributed by atoms with van der Waals surface area (Å²) in [6, 6.07) is 8.72. The predicted octanol–water partition coefficient (Wildman–Crippen LogP) is 4.00. The molecule has 0 spiro atoms. The fraction of sp³-hybridized carbons (Fsp3) is 0.400. The number of hydrogen-bond acceptors (Lipinski definition) is 4. The van der Waals surface area contributed by atoms with Gasteiger partial charge in [0, 0.05) is 16.9 Å². The number of ether oxygens (including phenoxy) is 1. The molecule has 1 aliphatic rings. The highest BCUT2D eigenvalue weighted by Gasteiger charge is 2.30. The van der Waals surface area contributed by atoms with E-state index in [1.54, 1.807) is 37.6 Å². The zero-order valence-electron chi connectivity index (χ0n) is 15.2. The second-order valence-corrected chi connectivity index (χ2v) is 7.12. The van der Waals surface area contributed by atoms with Crippen LogP contribution in [0.15, 0.2) is 41.0 Å². The lowest BCUT2D eigenvalue weighted by atomic mass is 9.81. The fourth-order valence-corrected chi connectivity index (χ4v) is 3.53. The summed E-state index contributed by atoms with van der Waals surface area (Å²) in [5, 5.41) is 6.32. The van der Waals surface area contributed by atoms with Crippen molar-refractivity contribution in [3.63, 3.8) is 0 Å². The maximum atomic E-state index is 12.6. The number of carbonyl (C=O) groups is 2. The summed E-state index contributed by atoms with van der Waals surface area (Å²) in [5.74, 6) is 1.06. The zero-order valence-corrected chi connectivity index (χ0v) is 15.9. The molecule has 1 heterocycles. The highest BCUT2D eigenvalue weighted by atomic mass is 35.5. The molecule has 3 rings (SSSR count). The second-order valence-electron chi connectivity index (χ2n) is 6.68. The van der Waals surface area contributed by atoms with Gasteiger partial charge in [-0.05, 0) is 56.0 Å². The van der Waals surface area contributed by atoms with Gasteiger partial charge in [-0.15, -0.1) is 0 Å². The summed E-state index contributed by atoms with van der Waals surface area (Å²) in [4.78, 5) is 24.9. The van der Waals surface area contributed by atoms with Crippen LogP contribution < -0.4 is 15.4 Å². The van der Waals surface area contributed by atoms with Gasteiger partial charge in [-0.2, -0.15) is 0 Å². The first-order valence-electron chi connectivity index (χ1n) is 9.01. The van der Waals surface area contributed by atoms with Crippen LogP contribution >= 0.6 is 11.6 Å². The van der Waals surface area contributed by atoms with E-state index in [-0.39, 0.29) is 23.7 Å². The molecule has 27 heavy (non-hydrogen) atoms. The van der Waals surface area contributed by atoms with Crippen molar-refractivity contribution in [1.29, 1.82) is 0 Å². The van der Waals surface area contributed by atoms with Crippen LogP contribution in [0.2, 0.25) is 5.02 Å². The third-order valence-corrected chi connectivity index (χ3v) is 5.14. The quantitative estimate of drug-likeness (QED) is 0.781. The molecule has 0 atom stereocenters. The van der Waals surface area contributed by atoms with Gasteiger partial charge < -0.3 is 19.8 Å². The molecule has 2 N–H and O–H groups in total. The van der Waals surface area contributed by atoms with Crippen LogP contribution in [0.3, 0.4) is 0 Å². The summed E-state index contributed by atoms with van der Waals surface area (Å²) in [6.07, 6.45) is 4.31. The SMILES string of the molecule is COc1ccc(Cl)cc1NC(=O)C1CCC(C(=O)NCc2ccco2)CC1. The molecule has 2 amide bonds. The Morgan fingerprint density at radius 3 is 2.48 bits per heavy atom. The summed E-state index contributed by atoms with van der Waals surface area (Å²) in [6.45, 7) is 0.390.